The van der Waals surface area contributed by atoms with Crippen molar-refractivity contribution in [2.45, 2.75) is 31.7 Å². The lowest BCUT2D eigenvalue weighted by atomic mass is 10.2. The number of rotatable bonds is 3. The van der Waals surface area contributed by atoms with Crippen LogP contribution in [0.1, 0.15) is 25.7 Å². The maximum Gasteiger partial charge on any atom is 0.0127 e. The monoisotopic (exact) mass is 223 g/mol. The summed E-state index contributed by atoms with van der Waals surface area (Å²) >= 11 is 0. The second-order valence-electron chi connectivity index (χ2n) is 5.92. The molecule has 16 heavy (non-hydrogen) atoms. The Bertz CT molecular complexity index is 223. The minimum absolute atomic E-state index is 0.550. The first-order valence-electron chi connectivity index (χ1n) is 7.05. The molecule has 92 valence electrons. The minimum Gasteiger partial charge on any atom is -0.327 e. The first-order valence-corrected chi connectivity index (χ1v) is 7.05. The molecule has 0 aromatic rings. The summed E-state index contributed by atoms with van der Waals surface area (Å²) in [6.07, 6.45) is 5.71. The summed E-state index contributed by atoms with van der Waals surface area (Å²) < 4.78 is 0. The van der Waals surface area contributed by atoms with Crippen LogP contribution in [0, 0.1) is 11.8 Å². The number of hydrogen-bond acceptors (Lipinski definition) is 3. The Kier molecular flexibility index (Phi) is 3.18. The normalized spacial score (nSPS) is 40.7. The summed E-state index contributed by atoms with van der Waals surface area (Å²) in [7, 11) is 0. The summed E-state index contributed by atoms with van der Waals surface area (Å²) in [6, 6.07) is 0.550. The molecule has 0 radical (unpaired) electrons. The predicted molar refractivity (Wildman–Crippen MR) is 66.3 cm³/mol. The highest BCUT2D eigenvalue weighted by molar-refractivity contribution is 5.08. The van der Waals surface area contributed by atoms with Gasteiger partial charge in [-0.2, -0.15) is 0 Å². The van der Waals surface area contributed by atoms with Crippen molar-refractivity contribution < 1.29 is 0 Å². The molecular weight excluding hydrogens is 198 g/mol. The smallest absolute Gasteiger partial charge is 0.0127 e. The van der Waals surface area contributed by atoms with Gasteiger partial charge in [-0.15, -0.1) is 0 Å². The Balaban J connectivity index is 1.37. The second kappa shape index (κ2) is 4.63. The van der Waals surface area contributed by atoms with Gasteiger partial charge in [-0.3, -0.25) is 0 Å². The van der Waals surface area contributed by atoms with Gasteiger partial charge in [-0.1, -0.05) is 12.8 Å². The molecule has 3 atom stereocenters. The van der Waals surface area contributed by atoms with Crippen molar-refractivity contribution in [3.8, 4) is 0 Å². The number of hydrogen-bond donors (Lipinski definition) is 1. The zero-order valence-electron chi connectivity index (χ0n) is 10.3. The molecule has 3 aliphatic rings. The molecule has 0 spiro atoms. The third-order valence-corrected chi connectivity index (χ3v) is 4.77. The minimum atomic E-state index is 0.550. The predicted octanol–water partition coefficient (Wildman–Crippen LogP) is 0.751. The Hall–Kier alpha value is -0.120. The zero-order chi connectivity index (χ0) is 11.0. The quantitative estimate of drug-likeness (QED) is 0.766. The molecule has 1 unspecified atom stereocenters. The van der Waals surface area contributed by atoms with E-state index < -0.39 is 0 Å². The summed E-state index contributed by atoms with van der Waals surface area (Å²) in [4.78, 5) is 5.29. The van der Waals surface area contributed by atoms with E-state index in [1.807, 2.05) is 0 Å². The first kappa shape index (κ1) is 11.0. The molecule has 2 heterocycles. The van der Waals surface area contributed by atoms with Crippen LogP contribution in [-0.2, 0) is 0 Å². The van der Waals surface area contributed by atoms with E-state index in [0.29, 0.717) is 6.04 Å². The molecule has 0 amide bonds. The molecule has 1 aliphatic carbocycles. The van der Waals surface area contributed by atoms with Crippen LogP contribution in [-0.4, -0.2) is 55.1 Å². The molecule has 0 aromatic carbocycles. The molecule has 3 fully saturated rings. The Morgan fingerprint density at radius 2 is 1.38 bits per heavy atom. The van der Waals surface area contributed by atoms with Crippen molar-refractivity contribution in [3.05, 3.63) is 0 Å². The molecule has 2 saturated heterocycles. The Labute approximate surface area is 99.0 Å². The van der Waals surface area contributed by atoms with Crippen LogP contribution < -0.4 is 5.73 Å². The first-order chi connectivity index (χ1) is 7.84. The number of nitrogens with zero attached hydrogens (tertiary/aromatic N) is 2. The number of likely N-dealkylation sites (tertiary alicyclic amines) is 2. The van der Waals surface area contributed by atoms with E-state index in [0.717, 1.165) is 11.8 Å². The van der Waals surface area contributed by atoms with Crippen LogP contribution in [0.2, 0.25) is 0 Å². The maximum absolute atomic E-state index is 5.96. The van der Waals surface area contributed by atoms with Gasteiger partial charge in [0.2, 0.25) is 0 Å². The van der Waals surface area contributed by atoms with Gasteiger partial charge in [0, 0.05) is 32.2 Å². The third kappa shape index (κ3) is 2.27. The van der Waals surface area contributed by atoms with Crippen LogP contribution in [0.25, 0.3) is 0 Å². The van der Waals surface area contributed by atoms with Gasteiger partial charge in [-0.05, 0) is 37.8 Å². The van der Waals surface area contributed by atoms with Gasteiger partial charge < -0.3 is 15.5 Å². The van der Waals surface area contributed by atoms with Crippen LogP contribution in [0.4, 0.5) is 0 Å². The largest absolute Gasteiger partial charge is 0.327 e. The van der Waals surface area contributed by atoms with Crippen molar-refractivity contribution in [2.24, 2.45) is 17.6 Å². The van der Waals surface area contributed by atoms with E-state index in [4.69, 9.17) is 5.73 Å². The van der Waals surface area contributed by atoms with E-state index in [-0.39, 0.29) is 0 Å². The SMILES string of the molecule is NC1[C@H]2CN(CCN3CCCCCC3)C[C@@H]12. The van der Waals surface area contributed by atoms with E-state index in [2.05, 4.69) is 9.80 Å². The lowest BCUT2D eigenvalue weighted by molar-refractivity contribution is 0.218. The molecule has 3 heteroatoms. The van der Waals surface area contributed by atoms with Gasteiger partial charge in [-0.25, -0.2) is 0 Å². The van der Waals surface area contributed by atoms with Crippen LogP contribution >= 0.6 is 0 Å². The molecular formula is C13H25N3. The van der Waals surface area contributed by atoms with E-state index in [1.165, 1.54) is 65.0 Å². The number of piperidine rings is 1. The van der Waals surface area contributed by atoms with Gasteiger partial charge in [0.25, 0.3) is 0 Å². The fraction of sp³-hybridized carbons (Fsp3) is 1.00. The van der Waals surface area contributed by atoms with Crippen molar-refractivity contribution in [1.82, 2.24) is 9.80 Å². The van der Waals surface area contributed by atoms with Crippen molar-refractivity contribution in [3.63, 3.8) is 0 Å². The summed E-state index contributed by atoms with van der Waals surface area (Å²) in [5, 5.41) is 0. The highest BCUT2D eigenvalue weighted by atomic mass is 15.2. The molecule has 2 N–H and O–H groups in total. The van der Waals surface area contributed by atoms with Crippen molar-refractivity contribution >= 4 is 0 Å². The van der Waals surface area contributed by atoms with Gasteiger partial charge in [0.05, 0.1) is 0 Å². The van der Waals surface area contributed by atoms with Crippen LogP contribution in [0.15, 0.2) is 0 Å². The molecule has 2 aliphatic heterocycles. The van der Waals surface area contributed by atoms with Gasteiger partial charge in [0.1, 0.15) is 0 Å². The van der Waals surface area contributed by atoms with E-state index >= 15 is 0 Å². The Morgan fingerprint density at radius 3 is 2.00 bits per heavy atom. The third-order valence-electron chi connectivity index (χ3n) is 4.77. The zero-order valence-corrected chi connectivity index (χ0v) is 10.3. The standard InChI is InChI=1S/C13H25N3/c14-13-11-9-16(10-12(11)13)8-7-15-5-3-1-2-4-6-15/h11-13H,1-10,14H2/t11-,12+,13?. The fourth-order valence-electron chi connectivity index (χ4n) is 3.48. The molecule has 1 saturated carbocycles. The van der Waals surface area contributed by atoms with Crippen molar-refractivity contribution in [2.75, 3.05) is 39.3 Å². The van der Waals surface area contributed by atoms with Crippen LogP contribution in [0.5, 0.6) is 0 Å². The number of fused-ring (bicyclic) bond motifs is 1. The lowest BCUT2D eigenvalue weighted by Gasteiger charge is -2.24. The highest BCUT2D eigenvalue weighted by Crippen LogP contribution is 2.43. The molecule has 3 nitrogen and oxygen atoms in total. The van der Waals surface area contributed by atoms with E-state index in [1.54, 1.807) is 0 Å². The van der Waals surface area contributed by atoms with E-state index in [9.17, 15) is 0 Å². The average molecular weight is 223 g/mol. The molecule has 3 rings (SSSR count). The van der Waals surface area contributed by atoms with Crippen LogP contribution in [0.3, 0.4) is 0 Å². The summed E-state index contributed by atoms with van der Waals surface area (Å²) in [5.41, 5.74) is 5.96. The topological polar surface area (TPSA) is 32.5 Å². The average Bonchev–Trinajstić information content (AvgIpc) is 2.79. The Morgan fingerprint density at radius 1 is 0.812 bits per heavy atom. The van der Waals surface area contributed by atoms with Crippen molar-refractivity contribution in [1.29, 1.82) is 0 Å². The van der Waals surface area contributed by atoms with Gasteiger partial charge >= 0.3 is 0 Å². The number of nitrogens with two attached hydrogens (primary N) is 1. The highest BCUT2D eigenvalue weighted by Gasteiger charge is 2.53. The van der Waals surface area contributed by atoms with Gasteiger partial charge in [0.15, 0.2) is 0 Å². The summed E-state index contributed by atoms with van der Waals surface area (Å²) in [5.74, 6) is 1.70. The fourth-order valence-corrected chi connectivity index (χ4v) is 3.48. The molecule has 0 bridgehead atoms. The summed E-state index contributed by atoms with van der Waals surface area (Å²) in [6.45, 7) is 7.79. The molecule has 0 aromatic heterocycles. The maximum atomic E-state index is 5.96. The lowest BCUT2D eigenvalue weighted by Crippen LogP contribution is -2.37. The second-order valence-corrected chi connectivity index (χ2v) is 5.92.